The van der Waals surface area contributed by atoms with Crippen LogP contribution < -0.4 is 24.4 Å². The number of benzene rings is 4. The van der Waals surface area contributed by atoms with Gasteiger partial charge in [-0.1, -0.05) is 12.1 Å². The number of hydrogen-bond donors (Lipinski definition) is 1. The maximum absolute atomic E-state index is 15.8. The lowest BCUT2D eigenvalue weighted by molar-refractivity contribution is -0.137. The smallest absolute Gasteiger partial charge is 0.285 e. The Balaban J connectivity index is 0.793. The van der Waals surface area contributed by atoms with E-state index in [0.717, 1.165) is 47.7 Å². The third-order valence-electron chi connectivity index (χ3n) is 14.6. The van der Waals surface area contributed by atoms with Crippen LogP contribution in [0.25, 0.3) is 10.9 Å². The van der Waals surface area contributed by atoms with Crippen molar-refractivity contribution in [3.8, 4) is 23.0 Å². The van der Waals surface area contributed by atoms with E-state index in [4.69, 9.17) is 14.2 Å². The molecule has 3 fully saturated rings. The molecule has 1 N–H and O–H groups in total. The topological polar surface area (TPSA) is 170 Å². The number of piperidine rings is 3. The molecule has 5 heterocycles. The molecule has 0 bridgehead atoms. The van der Waals surface area contributed by atoms with Crippen LogP contribution in [0.15, 0.2) is 78.9 Å². The van der Waals surface area contributed by atoms with Crippen molar-refractivity contribution < 1.29 is 50.6 Å². The number of methoxy groups -OCH3 is 1. The number of carbonyl (C=O) groups excluding carboxylic acids is 4. The lowest BCUT2D eigenvalue weighted by Crippen LogP contribution is -2.50. The number of halogens is 2. The van der Waals surface area contributed by atoms with Gasteiger partial charge >= 0.3 is 0 Å². The third kappa shape index (κ3) is 9.46. The van der Waals surface area contributed by atoms with Gasteiger partial charge in [0.1, 0.15) is 21.3 Å². The summed E-state index contributed by atoms with van der Waals surface area (Å²) in [5, 5.41) is 7.83. The SMILES string of the molecule is CCOc1cc(C(CS(C)(=O)=O)N2C(=O)c3cccc(N4CCC(C5CCN(CC(F)(F)c6ccc(Oc7ccc8c(C9(C)CCC(=O)NC9=O)nn(C)c8c7)cc6)CC5)CC4)c3C2=O)ccc1OC. The zero-order chi connectivity index (χ0) is 49.7. The van der Waals surface area contributed by atoms with Crippen molar-refractivity contribution in [1.82, 2.24) is 24.9 Å². The highest BCUT2D eigenvalue weighted by Gasteiger charge is 2.46. The fourth-order valence-electron chi connectivity index (χ4n) is 10.8. The molecule has 4 amide bonds. The van der Waals surface area contributed by atoms with Gasteiger partial charge in [-0.25, -0.2) is 8.42 Å². The van der Waals surface area contributed by atoms with Crippen LogP contribution in [0, 0.1) is 11.8 Å². The summed E-state index contributed by atoms with van der Waals surface area (Å²) >= 11 is 0. The molecule has 2 atom stereocenters. The van der Waals surface area contributed by atoms with Crippen LogP contribution in [-0.4, -0.2) is 110 Å². The molecule has 4 aliphatic heterocycles. The van der Waals surface area contributed by atoms with E-state index in [1.165, 1.54) is 31.4 Å². The summed E-state index contributed by atoms with van der Waals surface area (Å²) in [6, 6.07) is 20.2. The van der Waals surface area contributed by atoms with Gasteiger partial charge in [0, 0.05) is 49.8 Å². The lowest BCUT2D eigenvalue weighted by Gasteiger charge is -2.41. The number of ether oxygens (including phenoxy) is 3. The lowest BCUT2D eigenvalue weighted by atomic mass is 9.77. The van der Waals surface area contributed by atoms with E-state index >= 15 is 8.78 Å². The molecule has 3 saturated heterocycles. The molecule has 9 rings (SSSR count). The number of alkyl halides is 2. The van der Waals surface area contributed by atoms with E-state index in [9.17, 15) is 27.6 Å². The monoisotopic (exact) mass is 980 g/mol. The number of aromatic nitrogens is 2. The molecule has 1 aromatic heterocycles. The maximum Gasteiger partial charge on any atom is 0.285 e. The van der Waals surface area contributed by atoms with Gasteiger partial charge in [0.15, 0.2) is 11.5 Å². The van der Waals surface area contributed by atoms with E-state index in [2.05, 4.69) is 15.3 Å². The minimum Gasteiger partial charge on any atom is -0.493 e. The second-order valence-corrected chi connectivity index (χ2v) is 21.4. The number of imide groups is 2. The summed E-state index contributed by atoms with van der Waals surface area (Å²) in [5.74, 6) is -2.93. The van der Waals surface area contributed by atoms with E-state index in [0.29, 0.717) is 91.0 Å². The second kappa shape index (κ2) is 19.1. The zero-order valence-electron chi connectivity index (χ0n) is 40.0. The van der Waals surface area contributed by atoms with Crippen molar-refractivity contribution in [2.45, 2.75) is 69.8 Å². The number of nitrogens with zero attached hydrogens (tertiary/aromatic N) is 5. The standard InChI is InChI=1S/C52H58F2N6O9S/c1-6-68-44-28-34(10-17-43(44)67-4)42(30-70(5,65)66)60-48(62)39-8-7-9-40(46(39)49(60)63)59-26-21-33(22-27-59)32-19-24-58(25-20-32)31-52(53,54)35-11-13-36(14-12-35)69-37-15-16-38-41(29-37)57(3)56-47(38)51(2)23-18-45(61)55-50(51)64/h7-17,28-29,32-33,42H,6,18-27,30-31H2,1-5H3,(H,55,61,64). The molecule has 70 heavy (non-hydrogen) atoms. The largest absolute Gasteiger partial charge is 0.493 e. The first kappa shape index (κ1) is 48.6. The third-order valence-corrected chi connectivity index (χ3v) is 15.6. The highest BCUT2D eigenvalue weighted by atomic mass is 32.2. The maximum atomic E-state index is 15.8. The average molecular weight is 981 g/mol. The molecular weight excluding hydrogens is 923 g/mol. The molecule has 370 valence electrons. The number of hydrogen-bond acceptors (Lipinski definition) is 12. The van der Waals surface area contributed by atoms with Crippen molar-refractivity contribution in [2.75, 3.05) is 63.3 Å². The normalized spacial score (nSPS) is 20.2. The zero-order valence-corrected chi connectivity index (χ0v) is 40.8. The molecule has 4 aliphatic rings. The average Bonchev–Trinajstić information content (AvgIpc) is 3.81. The first-order chi connectivity index (χ1) is 33.4. The van der Waals surface area contributed by atoms with Crippen LogP contribution in [0.2, 0.25) is 0 Å². The van der Waals surface area contributed by atoms with Crippen LogP contribution in [0.4, 0.5) is 14.5 Å². The van der Waals surface area contributed by atoms with Crippen LogP contribution in [0.3, 0.4) is 0 Å². The summed E-state index contributed by atoms with van der Waals surface area (Å²) in [4.78, 5) is 58.1. The van der Waals surface area contributed by atoms with Crippen LogP contribution >= 0.6 is 0 Å². The molecule has 4 aromatic carbocycles. The quantitative estimate of drug-likeness (QED) is 0.102. The molecule has 0 saturated carbocycles. The number of anilines is 1. The molecule has 0 aliphatic carbocycles. The van der Waals surface area contributed by atoms with E-state index in [-0.39, 0.29) is 34.9 Å². The summed E-state index contributed by atoms with van der Waals surface area (Å²) in [7, 11) is -0.407. The Morgan fingerprint density at radius 2 is 1.56 bits per heavy atom. The van der Waals surface area contributed by atoms with Crippen LogP contribution in [-0.2, 0) is 37.8 Å². The minimum absolute atomic E-state index is 0.100. The number of likely N-dealkylation sites (tertiary alicyclic amines) is 1. The number of carbonyl (C=O) groups is 4. The van der Waals surface area contributed by atoms with Crippen molar-refractivity contribution >= 4 is 50.1 Å². The second-order valence-electron chi connectivity index (χ2n) is 19.3. The number of amides is 4. The van der Waals surface area contributed by atoms with Crippen molar-refractivity contribution in [2.24, 2.45) is 18.9 Å². The number of nitrogens with one attached hydrogen (secondary N) is 1. The summed E-state index contributed by atoms with van der Waals surface area (Å²) in [6.07, 6.45) is 4.91. The predicted molar refractivity (Wildman–Crippen MR) is 259 cm³/mol. The Hall–Kier alpha value is -6.40. The molecule has 5 aromatic rings. The van der Waals surface area contributed by atoms with Crippen LogP contribution in [0.5, 0.6) is 23.0 Å². The Bertz CT molecular complexity index is 2970. The fraction of sp³-hybridized carbons (Fsp3) is 0.442. The van der Waals surface area contributed by atoms with Gasteiger partial charge in [0.05, 0.1) is 65.5 Å². The number of rotatable bonds is 15. The molecule has 0 radical (unpaired) electrons. The molecule has 2 unspecified atom stereocenters. The predicted octanol–water partition coefficient (Wildman–Crippen LogP) is 7.57. The molecule has 0 spiro atoms. The van der Waals surface area contributed by atoms with Gasteiger partial charge in [-0.2, -0.15) is 13.9 Å². The minimum atomic E-state index is -3.67. The summed E-state index contributed by atoms with van der Waals surface area (Å²) in [5.41, 5.74) is 1.79. The first-order valence-electron chi connectivity index (χ1n) is 23.8. The van der Waals surface area contributed by atoms with Gasteiger partial charge < -0.3 is 19.1 Å². The highest BCUT2D eigenvalue weighted by molar-refractivity contribution is 7.90. The van der Waals surface area contributed by atoms with E-state index < -0.39 is 51.3 Å². The number of fused-ring (bicyclic) bond motifs is 2. The molecular formula is C52H58F2N6O9S. The van der Waals surface area contributed by atoms with Crippen molar-refractivity contribution in [3.05, 3.63) is 107 Å². The van der Waals surface area contributed by atoms with E-state index in [1.807, 2.05) is 17.0 Å². The Morgan fingerprint density at radius 1 is 0.871 bits per heavy atom. The van der Waals surface area contributed by atoms with Crippen molar-refractivity contribution in [3.63, 3.8) is 0 Å². The van der Waals surface area contributed by atoms with Gasteiger partial charge in [-0.05, 0) is 137 Å². The Morgan fingerprint density at radius 3 is 2.21 bits per heavy atom. The van der Waals surface area contributed by atoms with Gasteiger partial charge in [0.2, 0.25) is 11.8 Å². The summed E-state index contributed by atoms with van der Waals surface area (Å²) < 4.78 is 76.1. The summed E-state index contributed by atoms with van der Waals surface area (Å²) in [6.45, 7) is 5.90. The van der Waals surface area contributed by atoms with Crippen molar-refractivity contribution in [1.29, 1.82) is 0 Å². The Labute approximate surface area is 405 Å². The molecule has 15 nitrogen and oxygen atoms in total. The van der Waals surface area contributed by atoms with Crippen LogP contribution in [0.1, 0.15) is 96.0 Å². The van der Waals surface area contributed by atoms with Gasteiger partial charge in [0.25, 0.3) is 17.7 Å². The van der Waals surface area contributed by atoms with Gasteiger partial charge in [-0.3, -0.25) is 39.0 Å². The highest BCUT2D eigenvalue weighted by Crippen LogP contribution is 2.43. The van der Waals surface area contributed by atoms with Gasteiger partial charge in [-0.15, -0.1) is 0 Å². The first-order valence-corrected chi connectivity index (χ1v) is 25.9. The number of aryl methyl sites for hydroxylation is 1. The fourth-order valence-corrected chi connectivity index (χ4v) is 11.7. The Kier molecular flexibility index (Phi) is 13.2. The van der Waals surface area contributed by atoms with E-state index in [1.54, 1.807) is 68.0 Å². The molecule has 18 heteroatoms. The number of sulfone groups is 1.